The van der Waals surface area contributed by atoms with Crippen molar-refractivity contribution in [1.82, 2.24) is 14.8 Å². The van der Waals surface area contributed by atoms with Crippen LogP contribution in [0, 0.1) is 5.82 Å². The Kier molecular flexibility index (Phi) is 8.81. The maximum Gasteiger partial charge on any atom is 0.224 e. The summed E-state index contributed by atoms with van der Waals surface area (Å²) in [6.07, 6.45) is 3.89. The molecule has 6 nitrogen and oxygen atoms in total. The number of amides is 1. The number of hydrogen-bond donors (Lipinski definition) is 0. The number of piperazine rings is 1. The molecule has 0 spiro atoms. The molecule has 7 heteroatoms. The van der Waals surface area contributed by atoms with Crippen molar-refractivity contribution in [2.45, 2.75) is 13.0 Å². The average molecular weight is 477 g/mol. The van der Waals surface area contributed by atoms with Gasteiger partial charge in [0.15, 0.2) is 0 Å². The van der Waals surface area contributed by atoms with E-state index in [0.717, 1.165) is 49.4 Å². The van der Waals surface area contributed by atoms with Gasteiger partial charge in [0.2, 0.25) is 5.91 Å². The highest BCUT2D eigenvalue weighted by Crippen LogP contribution is 2.31. The van der Waals surface area contributed by atoms with E-state index in [4.69, 9.17) is 4.74 Å². The van der Waals surface area contributed by atoms with Gasteiger partial charge in [-0.3, -0.25) is 14.7 Å². The molecule has 4 rings (SSSR count). The fourth-order valence-corrected chi connectivity index (χ4v) is 4.34. The average Bonchev–Trinajstić information content (AvgIpc) is 2.90. The Hall–Kier alpha value is -3.29. The summed E-state index contributed by atoms with van der Waals surface area (Å²) >= 11 is 0. The van der Waals surface area contributed by atoms with Crippen LogP contribution in [0.4, 0.5) is 10.1 Å². The van der Waals surface area contributed by atoms with Crippen LogP contribution in [0.3, 0.4) is 0 Å². The van der Waals surface area contributed by atoms with E-state index in [1.165, 1.54) is 17.8 Å². The Labute approximate surface area is 206 Å². The predicted molar refractivity (Wildman–Crippen MR) is 137 cm³/mol. The van der Waals surface area contributed by atoms with Gasteiger partial charge >= 0.3 is 0 Å². The summed E-state index contributed by atoms with van der Waals surface area (Å²) in [4.78, 5) is 22.9. The number of carbonyl (C=O) groups excluding carboxylic acids is 1. The number of benzene rings is 2. The van der Waals surface area contributed by atoms with Crippen molar-refractivity contribution in [2.24, 2.45) is 0 Å². The van der Waals surface area contributed by atoms with Gasteiger partial charge in [-0.05, 0) is 35.4 Å². The van der Waals surface area contributed by atoms with Gasteiger partial charge in [-0.1, -0.05) is 36.4 Å². The van der Waals surface area contributed by atoms with Crippen molar-refractivity contribution in [3.05, 3.63) is 84.4 Å². The highest BCUT2D eigenvalue weighted by molar-refractivity contribution is 5.78. The van der Waals surface area contributed by atoms with Crippen molar-refractivity contribution < 1.29 is 13.9 Å². The maximum atomic E-state index is 13.4. The van der Waals surface area contributed by atoms with E-state index in [1.54, 1.807) is 17.3 Å². The van der Waals surface area contributed by atoms with Crippen molar-refractivity contribution >= 4 is 11.6 Å². The lowest BCUT2D eigenvalue weighted by Gasteiger charge is -2.37. The molecule has 0 atom stereocenters. The molecular weight excluding hydrogens is 443 g/mol. The normalized spacial score (nSPS) is 14.2. The van der Waals surface area contributed by atoms with Gasteiger partial charge in [0.1, 0.15) is 5.82 Å². The molecule has 1 saturated heterocycles. The van der Waals surface area contributed by atoms with Crippen LogP contribution in [-0.2, 0) is 16.1 Å². The number of para-hydroxylation sites is 1. The van der Waals surface area contributed by atoms with Gasteiger partial charge < -0.3 is 14.5 Å². The standard InChI is InChI=1S/C28H33FN4O2/c1-31(22-23-5-4-13-30-21-23)28(34)12-19-35-20-18-32-14-16-33(17-15-32)27-7-3-2-6-26(27)24-8-10-25(29)11-9-24/h2-11,13,21H,12,14-20,22H2,1H3. The van der Waals surface area contributed by atoms with Crippen molar-refractivity contribution in [3.8, 4) is 11.1 Å². The summed E-state index contributed by atoms with van der Waals surface area (Å²) in [7, 11) is 1.81. The van der Waals surface area contributed by atoms with Gasteiger partial charge in [-0.25, -0.2) is 4.39 Å². The lowest BCUT2D eigenvalue weighted by Crippen LogP contribution is -2.47. The number of carbonyl (C=O) groups is 1. The molecule has 35 heavy (non-hydrogen) atoms. The first kappa shape index (κ1) is 24.8. The quantitative estimate of drug-likeness (QED) is 0.413. The SMILES string of the molecule is CN(Cc1cccnc1)C(=O)CCOCCN1CCN(c2ccccc2-c2ccc(F)cc2)CC1. The number of pyridine rings is 1. The minimum absolute atomic E-state index is 0.0716. The number of nitrogens with zero attached hydrogens (tertiary/aromatic N) is 4. The van der Waals surface area contributed by atoms with Crippen molar-refractivity contribution in [3.63, 3.8) is 0 Å². The highest BCUT2D eigenvalue weighted by Gasteiger charge is 2.19. The largest absolute Gasteiger partial charge is 0.380 e. The Morgan fingerprint density at radius 3 is 2.51 bits per heavy atom. The molecule has 2 aromatic carbocycles. The molecule has 184 valence electrons. The fourth-order valence-electron chi connectivity index (χ4n) is 4.34. The number of rotatable bonds is 10. The molecule has 2 heterocycles. The number of anilines is 1. The molecule has 0 unspecified atom stereocenters. The van der Waals surface area contributed by atoms with E-state index in [-0.39, 0.29) is 11.7 Å². The number of ether oxygens (including phenoxy) is 1. The molecule has 1 aromatic heterocycles. The van der Waals surface area contributed by atoms with E-state index < -0.39 is 0 Å². The zero-order valence-corrected chi connectivity index (χ0v) is 20.3. The van der Waals surface area contributed by atoms with Crippen molar-refractivity contribution in [2.75, 3.05) is 57.9 Å². The van der Waals surface area contributed by atoms with Gasteiger partial charge in [-0.2, -0.15) is 0 Å². The minimum atomic E-state index is -0.219. The first-order valence-corrected chi connectivity index (χ1v) is 12.1. The third kappa shape index (κ3) is 7.10. The molecule has 1 amide bonds. The van der Waals surface area contributed by atoms with Crippen LogP contribution in [-0.4, -0.2) is 73.7 Å². The second-order valence-electron chi connectivity index (χ2n) is 8.83. The molecule has 1 fully saturated rings. The van der Waals surface area contributed by atoms with Crippen LogP contribution in [0.15, 0.2) is 73.1 Å². The van der Waals surface area contributed by atoms with E-state index in [1.807, 2.05) is 37.4 Å². The lowest BCUT2D eigenvalue weighted by atomic mass is 10.0. The van der Waals surface area contributed by atoms with Crippen molar-refractivity contribution in [1.29, 1.82) is 0 Å². The summed E-state index contributed by atoms with van der Waals surface area (Å²) in [6.45, 7) is 6.22. The van der Waals surface area contributed by atoms with E-state index in [0.29, 0.717) is 26.2 Å². The third-order valence-corrected chi connectivity index (χ3v) is 6.35. The van der Waals surface area contributed by atoms with Crippen LogP contribution in [0.5, 0.6) is 0 Å². The summed E-state index contributed by atoms with van der Waals surface area (Å²) in [6, 6.07) is 18.8. The number of hydrogen-bond acceptors (Lipinski definition) is 5. The van der Waals surface area contributed by atoms with Crippen LogP contribution in [0.1, 0.15) is 12.0 Å². The third-order valence-electron chi connectivity index (χ3n) is 6.35. The van der Waals surface area contributed by atoms with E-state index in [2.05, 4.69) is 33.0 Å². The zero-order valence-electron chi connectivity index (χ0n) is 20.3. The summed E-state index contributed by atoms with van der Waals surface area (Å²) in [5.74, 6) is -0.148. The topological polar surface area (TPSA) is 48.9 Å². The van der Waals surface area contributed by atoms with Gasteiger partial charge in [0.05, 0.1) is 19.6 Å². The minimum Gasteiger partial charge on any atom is -0.380 e. The molecule has 1 aliphatic rings. The van der Waals surface area contributed by atoms with E-state index >= 15 is 0 Å². The van der Waals surface area contributed by atoms with Gasteiger partial charge in [0.25, 0.3) is 0 Å². The molecule has 0 radical (unpaired) electrons. The van der Waals surface area contributed by atoms with Crippen LogP contribution in [0.25, 0.3) is 11.1 Å². The fraction of sp³-hybridized carbons (Fsp3) is 0.357. The Balaban J connectivity index is 1.16. The first-order chi connectivity index (χ1) is 17.1. The molecule has 0 saturated carbocycles. The first-order valence-electron chi connectivity index (χ1n) is 12.1. The Morgan fingerprint density at radius 1 is 1.00 bits per heavy atom. The second-order valence-corrected chi connectivity index (χ2v) is 8.83. The summed E-state index contributed by atoms with van der Waals surface area (Å²) in [5, 5.41) is 0. The highest BCUT2D eigenvalue weighted by atomic mass is 19.1. The molecule has 0 bridgehead atoms. The maximum absolute atomic E-state index is 13.4. The lowest BCUT2D eigenvalue weighted by molar-refractivity contribution is -0.131. The number of aromatic nitrogens is 1. The predicted octanol–water partition coefficient (Wildman–Crippen LogP) is 4.08. The van der Waals surface area contributed by atoms with E-state index in [9.17, 15) is 9.18 Å². The molecule has 3 aromatic rings. The monoisotopic (exact) mass is 476 g/mol. The summed E-state index contributed by atoms with van der Waals surface area (Å²) < 4.78 is 19.1. The van der Waals surface area contributed by atoms with Gasteiger partial charge in [-0.15, -0.1) is 0 Å². The Morgan fingerprint density at radius 2 is 1.77 bits per heavy atom. The van der Waals surface area contributed by atoms with Crippen LogP contribution in [0.2, 0.25) is 0 Å². The smallest absolute Gasteiger partial charge is 0.224 e. The van der Waals surface area contributed by atoms with Crippen LogP contribution >= 0.6 is 0 Å². The molecular formula is C28H33FN4O2. The Bertz CT molecular complexity index is 1070. The van der Waals surface area contributed by atoms with Crippen LogP contribution < -0.4 is 4.90 Å². The molecule has 0 N–H and O–H groups in total. The molecule has 1 aliphatic heterocycles. The summed E-state index contributed by atoms with van der Waals surface area (Å²) in [5.41, 5.74) is 4.36. The molecule has 0 aliphatic carbocycles. The second kappa shape index (κ2) is 12.4. The number of halogens is 1. The van der Waals surface area contributed by atoms with Gasteiger partial charge in [0, 0.05) is 70.0 Å². The zero-order chi connectivity index (χ0) is 24.5.